The lowest BCUT2D eigenvalue weighted by Gasteiger charge is -2.07. The van der Waals surface area contributed by atoms with Crippen LogP contribution in [0.2, 0.25) is 0 Å². The molecule has 0 saturated heterocycles. The van der Waals surface area contributed by atoms with Crippen LogP contribution < -0.4 is 5.56 Å². The molecule has 2 heterocycles. The number of nitrogens with zero attached hydrogens (tertiary/aromatic N) is 3. The van der Waals surface area contributed by atoms with Crippen molar-refractivity contribution in [3.8, 4) is 5.88 Å². The van der Waals surface area contributed by atoms with Crippen LogP contribution in [0, 0.1) is 0 Å². The van der Waals surface area contributed by atoms with E-state index in [0.717, 1.165) is 5.57 Å². The van der Waals surface area contributed by atoms with Crippen LogP contribution in [-0.2, 0) is 0 Å². The van der Waals surface area contributed by atoms with Gasteiger partial charge in [-0.2, -0.15) is 14.6 Å². The van der Waals surface area contributed by atoms with E-state index in [4.69, 9.17) is 0 Å². The molecule has 0 aromatic carbocycles. The minimum Gasteiger partial charge on any atom is -0.493 e. The molecule has 0 atom stereocenters. The zero-order valence-corrected chi connectivity index (χ0v) is 10.4. The van der Waals surface area contributed by atoms with Crippen LogP contribution in [0.5, 0.6) is 5.88 Å². The second-order valence-corrected chi connectivity index (χ2v) is 4.06. The summed E-state index contributed by atoms with van der Waals surface area (Å²) >= 11 is 0. The average Bonchev–Trinajstić information content (AvgIpc) is 2.75. The van der Waals surface area contributed by atoms with Crippen LogP contribution in [0.25, 0.3) is 11.4 Å². The number of fused-ring (bicyclic) bond motifs is 1. The van der Waals surface area contributed by atoms with Gasteiger partial charge in [0.1, 0.15) is 11.9 Å². The first kappa shape index (κ1) is 12.1. The maximum atomic E-state index is 12.0. The molecule has 0 amide bonds. The maximum Gasteiger partial charge on any atom is 0.264 e. The summed E-state index contributed by atoms with van der Waals surface area (Å²) in [6.45, 7) is 5.60. The van der Waals surface area contributed by atoms with Crippen molar-refractivity contribution in [2.24, 2.45) is 0 Å². The number of allylic oxidation sites excluding steroid dienone is 4. The number of H-pyrrole nitrogens is 1. The topological polar surface area (TPSA) is 83.3 Å². The van der Waals surface area contributed by atoms with Gasteiger partial charge in [-0.05, 0) is 26.3 Å². The second kappa shape index (κ2) is 4.48. The summed E-state index contributed by atoms with van der Waals surface area (Å²) in [5.74, 6) is 0.00961. The minimum atomic E-state index is -0.387. The molecule has 2 aromatic heterocycles. The third-order valence-corrected chi connectivity index (χ3v) is 2.57. The molecule has 6 heteroatoms. The van der Waals surface area contributed by atoms with Crippen molar-refractivity contribution in [3.05, 3.63) is 40.0 Å². The highest BCUT2D eigenvalue weighted by molar-refractivity contribution is 5.78. The number of aromatic nitrogens is 4. The summed E-state index contributed by atoms with van der Waals surface area (Å²) in [7, 11) is 0. The molecule has 0 bridgehead atoms. The summed E-state index contributed by atoms with van der Waals surface area (Å²) in [5.41, 5.74) is 1.41. The molecule has 0 unspecified atom stereocenters. The van der Waals surface area contributed by atoms with Crippen molar-refractivity contribution in [3.63, 3.8) is 0 Å². The molecule has 0 spiro atoms. The minimum absolute atomic E-state index is 0.200. The van der Waals surface area contributed by atoms with Crippen LogP contribution in [0.3, 0.4) is 0 Å². The summed E-state index contributed by atoms with van der Waals surface area (Å²) in [6, 6.07) is 0. The third-order valence-electron chi connectivity index (χ3n) is 2.57. The van der Waals surface area contributed by atoms with Gasteiger partial charge in [-0.3, -0.25) is 9.78 Å². The Morgan fingerprint density at radius 1 is 1.50 bits per heavy atom. The Kier molecular flexibility index (Phi) is 3.01. The van der Waals surface area contributed by atoms with Crippen LogP contribution in [0.1, 0.15) is 26.3 Å². The predicted molar refractivity (Wildman–Crippen MR) is 68.4 cm³/mol. The van der Waals surface area contributed by atoms with Gasteiger partial charge in [0.15, 0.2) is 0 Å². The van der Waals surface area contributed by atoms with Crippen molar-refractivity contribution in [2.45, 2.75) is 20.8 Å². The van der Waals surface area contributed by atoms with E-state index < -0.39 is 0 Å². The van der Waals surface area contributed by atoms with Crippen molar-refractivity contribution < 1.29 is 5.11 Å². The largest absolute Gasteiger partial charge is 0.493 e. The molecule has 2 aromatic rings. The Labute approximate surface area is 103 Å². The Bertz CT molecular complexity index is 702. The van der Waals surface area contributed by atoms with Crippen molar-refractivity contribution >= 4 is 11.4 Å². The van der Waals surface area contributed by atoms with Gasteiger partial charge in [-0.25, -0.2) is 0 Å². The van der Waals surface area contributed by atoms with E-state index in [1.807, 2.05) is 26.8 Å². The standard InChI is InChI=1S/C12H14N4O2/c1-4-5-8(7(2)3)9-10(17)15-12-13-6-14-16(12)11(9)18/h4-6,18H,1-3H3,(H,13,14,15,17)/b5-4-. The van der Waals surface area contributed by atoms with E-state index in [-0.39, 0.29) is 22.8 Å². The Morgan fingerprint density at radius 2 is 2.22 bits per heavy atom. The zero-order chi connectivity index (χ0) is 13.3. The molecular weight excluding hydrogens is 232 g/mol. The molecule has 0 aliphatic carbocycles. The first-order valence-electron chi connectivity index (χ1n) is 5.51. The molecule has 18 heavy (non-hydrogen) atoms. The van der Waals surface area contributed by atoms with Crippen molar-refractivity contribution in [1.82, 2.24) is 19.6 Å². The number of nitrogens with one attached hydrogen (secondary N) is 1. The van der Waals surface area contributed by atoms with E-state index in [1.165, 1.54) is 10.8 Å². The lowest BCUT2D eigenvalue weighted by atomic mass is 10.0. The average molecular weight is 246 g/mol. The highest BCUT2D eigenvalue weighted by Gasteiger charge is 2.16. The first-order chi connectivity index (χ1) is 8.56. The number of hydrogen-bond donors (Lipinski definition) is 2. The molecule has 94 valence electrons. The van der Waals surface area contributed by atoms with Crippen LogP contribution in [-0.4, -0.2) is 24.7 Å². The van der Waals surface area contributed by atoms with Gasteiger partial charge in [0.25, 0.3) is 5.56 Å². The fourth-order valence-electron chi connectivity index (χ4n) is 1.76. The van der Waals surface area contributed by atoms with E-state index in [0.29, 0.717) is 5.57 Å². The summed E-state index contributed by atoms with van der Waals surface area (Å²) in [6.07, 6.45) is 4.86. The van der Waals surface area contributed by atoms with Gasteiger partial charge < -0.3 is 5.11 Å². The quantitative estimate of drug-likeness (QED) is 0.786. The zero-order valence-electron chi connectivity index (χ0n) is 10.4. The molecule has 0 aliphatic rings. The number of aromatic amines is 1. The SMILES string of the molecule is C/C=C\C(=C(C)C)c1c(O)n2ncnc2[nH]c1=O. The Hall–Kier alpha value is -2.37. The van der Waals surface area contributed by atoms with Gasteiger partial charge >= 0.3 is 0 Å². The highest BCUT2D eigenvalue weighted by Crippen LogP contribution is 2.24. The van der Waals surface area contributed by atoms with Gasteiger partial charge in [-0.1, -0.05) is 17.7 Å². The van der Waals surface area contributed by atoms with E-state index in [2.05, 4.69) is 15.1 Å². The fourth-order valence-corrected chi connectivity index (χ4v) is 1.76. The summed E-state index contributed by atoms with van der Waals surface area (Å²) in [5, 5.41) is 14.0. The first-order valence-corrected chi connectivity index (χ1v) is 5.51. The smallest absolute Gasteiger partial charge is 0.264 e. The van der Waals surface area contributed by atoms with E-state index in [1.54, 1.807) is 6.08 Å². The predicted octanol–water partition coefficient (Wildman–Crippen LogP) is 1.49. The number of rotatable bonds is 2. The summed E-state index contributed by atoms with van der Waals surface area (Å²) in [4.78, 5) is 18.4. The molecule has 0 radical (unpaired) electrons. The van der Waals surface area contributed by atoms with E-state index in [9.17, 15) is 9.90 Å². The van der Waals surface area contributed by atoms with Gasteiger partial charge in [0.2, 0.25) is 11.7 Å². The molecule has 2 N–H and O–H groups in total. The monoisotopic (exact) mass is 246 g/mol. The highest BCUT2D eigenvalue weighted by atomic mass is 16.3. The van der Waals surface area contributed by atoms with Gasteiger partial charge in [0, 0.05) is 0 Å². The van der Waals surface area contributed by atoms with Gasteiger partial charge in [-0.15, -0.1) is 0 Å². The maximum absolute atomic E-state index is 12.0. The lowest BCUT2D eigenvalue weighted by Crippen LogP contribution is -2.15. The molecule has 2 rings (SSSR count). The molecule has 0 aliphatic heterocycles. The van der Waals surface area contributed by atoms with E-state index >= 15 is 0 Å². The van der Waals surface area contributed by atoms with Crippen LogP contribution >= 0.6 is 0 Å². The molecule has 0 saturated carbocycles. The summed E-state index contributed by atoms with van der Waals surface area (Å²) < 4.78 is 1.20. The van der Waals surface area contributed by atoms with Crippen LogP contribution in [0.4, 0.5) is 0 Å². The molecule has 0 fully saturated rings. The van der Waals surface area contributed by atoms with Gasteiger partial charge in [0.05, 0.1) is 0 Å². The fraction of sp³-hybridized carbons (Fsp3) is 0.250. The second-order valence-electron chi connectivity index (χ2n) is 4.06. The molecular formula is C12H14N4O2. The van der Waals surface area contributed by atoms with Crippen LogP contribution in [0.15, 0.2) is 28.8 Å². The Morgan fingerprint density at radius 3 is 2.83 bits per heavy atom. The lowest BCUT2D eigenvalue weighted by molar-refractivity contribution is 0.432. The normalized spacial score (nSPS) is 11.3. The number of aromatic hydroxyl groups is 1. The van der Waals surface area contributed by atoms with Crippen molar-refractivity contribution in [2.75, 3.05) is 0 Å². The third kappa shape index (κ3) is 1.81. The van der Waals surface area contributed by atoms with Crippen molar-refractivity contribution in [1.29, 1.82) is 0 Å². The number of hydrogen-bond acceptors (Lipinski definition) is 4. The Balaban J connectivity index is 2.86. The molecule has 6 nitrogen and oxygen atoms in total.